The van der Waals surface area contributed by atoms with Crippen LogP contribution in [0.2, 0.25) is 0 Å². The van der Waals surface area contributed by atoms with E-state index >= 15 is 0 Å². The SMILES string of the molecule is COc1ccc2cc([C@H](C)COC(C)=O)ccc2c1. The normalized spacial score (nSPS) is 12.2. The largest absolute Gasteiger partial charge is 0.497 e. The molecule has 3 heteroatoms. The van der Waals surface area contributed by atoms with Gasteiger partial charge in [-0.3, -0.25) is 4.79 Å². The van der Waals surface area contributed by atoms with Gasteiger partial charge in [0.1, 0.15) is 5.75 Å². The second-order valence-corrected chi connectivity index (χ2v) is 4.68. The number of methoxy groups -OCH3 is 1. The minimum atomic E-state index is -0.239. The Bertz CT molecular complexity index is 590. The molecule has 0 fully saturated rings. The Balaban J connectivity index is 2.23. The Kier molecular flexibility index (Phi) is 4.05. The van der Waals surface area contributed by atoms with Crippen molar-refractivity contribution in [3.8, 4) is 5.75 Å². The number of hydrogen-bond donors (Lipinski definition) is 0. The van der Waals surface area contributed by atoms with Gasteiger partial charge in [-0.05, 0) is 28.5 Å². The zero-order chi connectivity index (χ0) is 13.8. The Morgan fingerprint density at radius 2 is 1.84 bits per heavy atom. The minimum Gasteiger partial charge on any atom is -0.497 e. The van der Waals surface area contributed by atoms with Crippen molar-refractivity contribution < 1.29 is 14.3 Å². The molecule has 0 bridgehead atoms. The van der Waals surface area contributed by atoms with Crippen molar-refractivity contribution >= 4 is 16.7 Å². The quantitative estimate of drug-likeness (QED) is 0.787. The van der Waals surface area contributed by atoms with E-state index in [1.807, 2.05) is 25.1 Å². The molecule has 0 N–H and O–H groups in total. The number of esters is 1. The van der Waals surface area contributed by atoms with Crippen LogP contribution in [-0.2, 0) is 9.53 Å². The lowest BCUT2D eigenvalue weighted by Gasteiger charge is -2.13. The van der Waals surface area contributed by atoms with Gasteiger partial charge < -0.3 is 9.47 Å². The maximum atomic E-state index is 10.8. The summed E-state index contributed by atoms with van der Waals surface area (Å²) >= 11 is 0. The molecule has 3 nitrogen and oxygen atoms in total. The smallest absolute Gasteiger partial charge is 0.302 e. The molecule has 0 saturated carbocycles. The Labute approximate surface area is 113 Å². The number of benzene rings is 2. The zero-order valence-electron chi connectivity index (χ0n) is 11.5. The molecule has 0 aliphatic rings. The van der Waals surface area contributed by atoms with Crippen molar-refractivity contribution in [2.24, 2.45) is 0 Å². The first-order valence-electron chi connectivity index (χ1n) is 6.31. The number of hydrogen-bond acceptors (Lipinski definition) is 3. The van der Waals surface area contributed by atoms with E-state index in [4.69, 9.17) is 9.47 Å². The van der Waals surface area contributed by atoms with Gasteiger partial charge in [0.15, 0.2) is 0 Å². The van der Waals surface area contributed by atoms with Crippen LogP contribution in [0.15, 0.2) is 36.4 Å². The van der Waals surface area contributed by atoms with E-state index in [1.165, 1.54) is 12.5 Å². The van der Waals surface area contributed by atoms with Gasteiger partial charge in [0.2, 0.25) is 0 Å². The van der Waals surface area contributed by atoms with Gasteiger partial charge in [-0.15, -0.1) is 0 Å². The lowest BCUT2D eigenvalue weighted by molar-refractivity contribution is -0.141. The van der Waals surface area contributed by atoms with E-state index in [-0.39, 0.29) is 11.9 Å². The highest BCUT2D eigenvalue weighted by Gasteiger charge is 2.08. The fourth-order valence-corrected chi connectivity index (χ4v) is 2.01. The first kappa shape index (κ1) is 13.4. The molecule has 0 unspecified atom stereocenters. The number of rotatable bonds is 4. The first-order valence-corrected chi connectivity index (χ1v) is 6.31. The summed E-state index contributed by atoms with van der Waals surface area (Å²) in [5, 5.41) is 2.30. The van der Waals surface area contributed by atoms with Crippen LogP contribution in [0.3, 0.4) is 0 Å². The summed E-state index contributed by atoms with van der Waals surface area (Å²) in [4.78, 5) is 10.8. The minimum absolute atomic E-state index is 0.190. The van der Waals surface area contributed by atoms with Crippen LogP contribution in [0.5, 0.6) is 5.75 Å². The van der Waals surface area contributed by atoms with Gasteiger partial charge in [-0.2, -0.15) is 0 Å². The van der Waals surface area contributed by atoms with Crippen LogP contribution in [0.1, 0.15) is 25.3 Å². The first-order chi connectivity index (χ1) is 9.10. The highest BCUT2D eigenvalue weighted by atomic mass is 16.5. The standard InChI is InChI=1S/C16H18O3/c1-11(10-19-12(2)17)13-4-5-15-9-16(18-3)7-6-14(15)8-13/h4-9,11H,10H2,1-3H3/t11-/m1/s1. The van der Waals surface area contributed by atoms with Gasteiger partial charge in [0.05, 0.1) is 13.7 Å². The van der Waals surface area contributed by atoms with Crippen molar-refractivity contribution in [1.29, 1.82) is 0 Å². The van der Waals surface area contributed by atoms with E-state index in [2.05, 4.69) is 18.2 Å². The van der Waals surface area contributed by atoms with E-state index in [0.717, 1.165) is 16.5 Å². The predicted molar refractivity (Wildman–Crippen MR) is 75.5 cm³/mol. The summed E-state index contributed by atoms with van der Waals surface area (Å²) in [6.07, 6.45) is 0. The zero-order valence-corrected chi connectivity index (χ0v) is 11.5. The number of carbonyl (C=O) groups is 1. The molecule has 100 valence electrons. The second-order valence-electron chi connectivity index (χ2n) is 4.68. The number of ether oxygens (including phenoxy) is 2. The molecule has 0 aliphatic carbocycles. The van der Waals surface area contributed by atoms with Gasteiger partial charge in [0, 0.05) is 12.8 Å². The summed E-state index contributed by atoms with van der Waals surface area (Å²) in [5.41, 5.74) is 1.17. The van der Waals surface area contributed by atoms with Crippen molar-refractivity contribution in [3.63, 3.8) is 0 Å². The average molecular weight is 258 g/mol. The van der Waals surface area contributed by atoms with Crippen LogP contribution in [-0.4, -0.2) is 19.7 Å². The molecular formula is C16H18O3. The molecule has 19 heavy (non-hydrogen) atoms. The molecule has 0 amide bonds. The van der Waals surface area contributed by atoms with E-state index < -0.39 is 0 Å². The maximum Gasteiger partial charge on any atom is 0.302 e. The fourth-order valence-electron chi connectivity index (χ4n) is 2.01. The van der Waals surface area contributed by atoms with Crippen LogP contribution in [0.25, 0.3) is 10.8 Å². The summed E-state index contributed by atoms with van der Waals surface area (Å²) < 4.78 is 10.3. The third-order valence-electron chi connectivity index (χ3n) is 3.18. The lowest BCUT2D eigenvalue weighted by Crippen LogP contribution is -2.07. The Morgan fingerprint density at radius 1 is 1.16 bits per heavy atom. The van der Waals surface area contributed by atoms with Crippen molar-refractivity contribution in [2.45, 2.75) is 19.8 Å². The monoisotopic (exact) mass is 258 g/mol. The van der Waals surface area contributed by atoms with Crippen molar-refractivity contribution in [3.05, 3.63) is 42.0 Å². The van der Waals surface area contributed by atoms with Crippen LogP contribution < -0.4 is 4.74 Å². The highest BCUT2D eigenvalue weighted by molar-refractivity contribution is 5.84. The van der Waals surface area contributed by atoms with Gasteiger partial charge in [-0.25, -0.2) is 0 Å². The Hall–Kier alpha value is -2.03. The van der Waals surface area contributed by atoms with E-state index in [1.54, 1.807) is 7.11 Å². The average Bonchev–Trinajstić information content (AvgIpc) is 2.43. The topological polar surface area (TPSA) is 35.5 Å². The molecule has 0 spiro atoms. The number of fused-ring (bicyclic) bond motifs is 1. The lowest BCUT2D eigenvalue weighted by atomic mass is 9.98. The molecule has 1 atom stereocenters. The maximum absolute atomic E-state index is 10.8. The summed E-state index contributed by atoms with van der Waals surface area (Å²) in [7, 11) is 1.66. The number of carbonyl (C=O) groups excluding carboxylic acids is 1. The molecule has 0 heterocycles. The van der Waals surface area contributed by atoms with Crippen molar-refractivity contribution in [1.82, 2.24) is 0 Å². The molecule has 0 aromatic heterocycles. The van der Waals surface area contributed by atoms with Crippen LogP contribution >= 0.6 is 0 Å². The van der Waals surface area contributed by atoms with Crippen LogP contribution in [0, 0.1) is 0 Å². The van der Waals surface area contributed by atoms with Gasteiger partial charge in [0.25, 0.3) is 0 Å². The third kappa shape index (κ3) is 3.25. The molecule has 0 aliphatic heterocycles. The third-order valence-corrected chi connectivity index (χ3v) is 3.18. The second kappa shape index (κ2) is 5.74. The molecule has 0 radical (unpaired) electrons. The summed E-state index contributed by atoms with van der Waals surface area (Å²) in [6.45, 7) is 3.89. The van der Waals surface area contributed by atoms with Gasteiger partial charge >= 0.3 is 5.97 Å². The molecule has 2 aromatic carbocycles. The fraction of sp³-hybridized carbons (Fsp3) is 0.312. The van der Waals surface area contributed by atoms with Crippen LogP contribution in [0.4, 0.5) is 0 Å². The molecular weight excluding hydrogens is 240 g/mol. The van der Waals surface area contributed by atoms with Crippen molar-refractivity contribution in [2.75, 3.05) is 13.7 Å². The summed E-state index contributed by atoms with van der Waals surface area (Å²) in [6, 6.07) is 12.3. The van der Waals surface area contributed by atoms with E-state index in [0.29, 0.717) is 6.61 Å². The van der Waals surface area contributed by atoms with E-state index in [9.17, 15) is 4.79 Å². The van der Waals surface area contributed by atoms with Gasteiger partial charge in [-0.1, -0.05) is 31.2 Å². The molecule has 2 aromatic rings. The Morgan fingerprint density at radius 3 is 2.53 bits per heavy atom. The highest BCUT2D eigenvalue weighted by Crippen LogP contribution is 2.25. The summed E-state index contributed by atoms with van der Waals surface area (Å²) in [5.74, 6) is 0.806. The molecule has 2 rings (SSSR count). The molecule has 0 saturated heterocycles. The predicted octanol–water partition coefficient (Wildman–Crippen LogP) is 3.52.